The summed E-state index contributed by atoms with van der Waals surface area (Å²) in [7, 11) is 0. The molecule has 0 saturated heterocycles. The van der Waals surface area contributed by atoms with Crippen LogP contribution in [0.1, 0.15) is 166 Å². The van der Waals surface area contributed by atoms with Gasteiger partial charge >= 0.3 is 0 Å². The van der Waals surface area contributed by atoms with Gasteiger partial charge in [0, 0.05) is 17.3 Å². The van der Waals surface area contributed by atoms with Gasteiger partial charge in [-0.05, 0) is 73.5 Å². The standard InChI is InChI=1S/C30H55N/c1-9-14-16-18-21-28-29(23(6)7)27(22-24(8)19-11-3)26(20-17-15-10-2)30(31-28)25(12-4)13-5/h23-25H,9-22H2,1-8H3. The van der Waals surface area contributed by atoms with Crippen molar-refractivity contribution in [1.29, 1.82) is 0 Å². The number of hydrogen-bond acceptors (Lipinski definition) is 1. The van der Waals surface area contributed by atoms with Gasteiger partial charge in [0.15, 0.2) is 0 Å². The van der Waals surface area contributed by atoms with Crippen molar-refractivity contribution >= 4 is 0 Å². The summed E-state index contributed by atoms with van der Waals surface area (Å²) in [5.41, 5.74) is 7.93. The summed E-state index contributed by atoms with van der Waals surface area (Å²) in [5.74, 6) is 1.95. The Morgan fingerprint density at radius 3 is 1.84 bits per heavy atom. The fraction of sp³-hybridized carbons (Fsp3) is 0.833. The van der Waals surface area contributed by atoms with Gasteiger partial charge in [-0.15, -0.1) is 0 Å². The van der Waals surface area contributed by atoms with Gasteiger partial charge in [0.05, 0.1) is 0 Å². The minimum Gasteiger partial charge on any atom is -0.257 e. The zero-order valence-electron chi connectivity index (χ0n) is 22.6. The quantitative estimate of drug-likeness (QED) is 0.224. The van der Waals surface area contributed by atoms with Crippen LogP contribution in [0.25, 0.3) is 0 Å². The lowest BCUT2D eigenvalue weighted by Gasteiger charge is -2.28. The van der Waals surface area contributed by atoms with Crippen LogP contribution in [-0.4, -0.2) is 4.98 Å². The molecule has 0 aliphatic rings. The van der Waals surface area contributed by atoms with Gasteiger partial charge in [0.2, 0.25) is 0 Å². The van der Waals surface area contributed by atoms with E-state index in [1.807, 2.05) is 0 Å². The lowest BCUT2D eigenvalue weighted by atomic mass is 9.80. The predicted molar refractivity (Wildman–Crippen MR) is 140 cm³/mol. The van der Waals surface area contributed by atoms with Crippen LogP contribution in [0.15, 0.2) is 0 Å². The van der Waals surface area contributed by atoms with Crippen molar-refractivity contribution in [3.05, 3.63) is 28.1 Å². The number of hydrogen-bond donors (Lipinski definition) is 0. The molecule has 1 heterocycles. The number of pyridine rings is 1. The Morgan fingerprint density at radius 2 is 1.29 bits per heavy atom. The number of aromatic nitrogens is 1. The Bertz CT molecular complexity index is 597. The first-order valence-corrected chi connectivity index (χ1v) is 14.0. The van der Waals surface area contributed by atoms with Crippen molar-refractivity contribution in [2.75, 3.05) is 0 Å². The van der Waals surface area contributed by atoms with Gasteiger partial charge in [0.1, 0.15) is 0 Å². The first-order chi connectivity index (χ1) is 14.9. The second-order valence-corrected chi connectivity index (χ2v) is 10.3. The van der Waals surface area contributed by atoms with Crippen molar-refractivity contribution in [1.82, 2.24) is 4.98 Å². The Labute approximate surface area is 196 Å². The summed E-state index contributed by atoms with van der Waals surface area (Å²) in [5, 5.41) is 0. The predicted octanol–water partition coefficient (Wildman–Crippen LogP) is 9.94. The molecule has 0 radical (unpaired) electrons. The zero-order chi connectivity index (χ0) is 23.2. The van der Waals surface area contributed by atoms with Crippen LogP contribution in [0.2, 0.25) is 0 Å². The highest BCUT2D eigenvalue weighted by molar-refractivity contribution is 5.44. The highest BCUT2D eigenvalue weighted by atomic mass is 14.7. The molecule has 1 aromatic rings. The summed E-state index contributed by atoms with van der Waals surface area (Å²) < 4.78 is 0. The van der Waals surface area contributed by atoms with Gasteiger partial charge in [-0.2, -0.15) is 0 Å². The topological polar surface area (TPSA) is 12.9 Å². The van der Waals surface area contributed by atoms with Crippen molar-refractivity contribution < 1.29 is 0 Å². The van der Waals surface area contributed by atoms with Gasteiger partial charge in [-0.3, -0.25) is 4.98 Å². The Balaban J connectivity index is 3.59. The minimum atomic E-state index is 0.568. The summed E-state index contributed by atoms with van der Waals surface area (Å²) in [6, 6.07) is 0. The fourth-order valence-corrected chi connectivity index (χ4v) is 5.38. The molecular formula is C30H55N. The maximum Gasteiger partial charge on any atom is 0.0472 e. The molecule has 0 N–H and O–H groups in total. The maximum absolute atomic E-state index is 5.53. The molecule has 0 saturated carbocycles. The van der Waals surface area contributed by atoms with Gasteiger partial charge < -0.3 is 0 Å². The van der Waals surface area contributed by atoms with Crippen LogP contribution in [0.5, 0.6) is 0 Å². The Kier molecular flexibility index (Phi) is 14.4. The van der Waals surface area contributed by atoms with E-state index >= 15 is 0 Å². The van der Waals surface area contributed by atoms with E-state index in [0.29, 0.717) is 11.8 Å². The molecule has 1 rings (SSSR count). The molecule has 0 spiro atoms. The van der Waals surface area contributed by atoms with Crippen LogP contribution in [0.3, 0.4) is 0 Å². The summed E-state index contributed by atoms with van der Waals surface area (Å²) in [6.07, 6.45) is 17.9. The molecule has 0 bridgehead atoms. The van der Waals surface area contributed by atoms with E-state index in [-0.39, 0.29) is 0 Å². The number of rotatable bonds is 17. The SMILES string of the molecule is CCCCCCc1nc(C(CC)CC)c(CCCCC)c(CC(C)CCC)c1C(C)C. The van der Waals surface area contributed by atoms with Crippen LogP contribution in [-0.2, 0) is 19.3 Å². The lowest BCUT2D eigenvalue weighted by Crippen LogP contribution is -2.17. The summed E-state index contributed by atoms with van der Waals surface area (Å²) >= 11 is 0. The molecule has 1 nitrogen and oxygen atoms in total. The molecule has 1 unspecified atom stereocenters. The first-order valence-electron chi connectivity index (χ1n) is 14.0. The molecule has 0 fully saturated rings. The monoisotopic (exact) mass is 429 g/mol. The first kappa shape index (κ1) is 28.2. The molecule has 0 aromatic carbocycles. The van der Waals surface area contributed by atoms with Gasteiger partial charge in [0.25, 0.3) is 0 Å². The highest BCUT2D eigenvalue weighted by Crippen LogP contribution is 2.36. The van der Waals surface area contributed by atoms with E-state index in [0.717, 1.165) is 5.92 Å². The average molecular weight is 430 g/mol. The third-order valence-electron chi connectivity index (χ3n) is 7.15. The van der Waals surface area contributed by atoms with Crippen LogP contribution in [0, 0.1) is 5.92 Å². The fourth-order valence-electron chi connectivity index (χ4n) is 5.38. The molecule has 0 aliphatic heterocycles. The van der Waals surface area contributed by atoms with Gasteiger partial charge in [-0.1, -0.05) is 100 Å². The van der Waals surface area contributed by atoms with Crippen molar-refractivity contribution in [2.24, 2.45) is 5.92 Å². The number of nitrogens with zero attached hydrogens (tertiary/aromatic N) is 1. The molecule has 1 aromatic heterocycles. The number of unbranched alkanes of at least 4 members (excludes halogenated alkanes) is 5. The lowest BCUT2D eigenvalue weighted by molar-refractivity contribution is 0.511. The maximum atomic E-state index is 5.53. The van der Waals surface area contributed by atoms with E-state index in [2.05, 4.69) is 55.4 Å². The average Bonchev–Trinajstić information content (AvgIpc) is 2.73. The second-order valence-electron chi connectivity index (χ2n) is 10.3. The van der Waals surface area contributed by atoms with Crippen LogP contribution in [0.4, 0.5) is 0 Å². The third-order valence-corrected chi connectivity index (χ3v) is 7.15. The summed E-state index contributed by atoms with van der Waals surface area (Å²) in [6.45, 7) is 19.0. The van der Waals surface area contributed by atoms with Crippen molar-refractivity contribution in [3.8, 4) is 0 Å². The largest absolute Gasteiger partial charge is 0.257 e. The molecular weight excluding hydrogens is 374 g/mol. The van der Waals surface area contributed by atoms with Crippen molar-refractivity contribution in [2.45, 2.75) is 157 Å². The van der Waals surface area contributed by atoms with E-state index in [4.69, 9.17) is 4.98 Å². The molecule has 1 heteroatoms. The molecule has 31 heavy (non-hydrogen) atoms. The normalized spacial score (nSPS) is 12.8. The van der Waals surface area contributed by atoms with Crippen LogP contribution < -0.4 is 0 Å². The Hall–Kier alpha value is -0.850. The van der Waals surface area contributed by atoms with Gasteiger partial charge in [-0.25, -0.2) is 0 Å². The zero-order valence-corrected chi connectivity index (χ0v) is 22.6. The molecule has 0 aliphatic carbocycles. The molecule has 0 amide bonds. The smallest absolute Gasteiger partial charge is 0.0472 e. The van der Waals surface area contributed by atoms with E-state index in [9.17, 15) is 0 Å². The summed E-state index contributed by atoms with van der Waals surface area (Å²) in [4.78, 5) is 5.53. The second kappa shape index (κ2) is 15.9. The van der Waals surface area contributed by atoms with E-state index in [1.165, 1.54) is 101 Å². The van der Waals surface area contributed by atoms with Crippen LogP contribution >= 0.6 is 0 Å². The molecule has 180 valence electrons. The highest BCUT2D eigenvalue weighted by Gasteiger charge is 2.25. The minimum absolute atomic E-state index is 0.568. The van der Waals surface area contributed by atoms with Crippen molar-refractivity contribution in [3.63, 3.8) is 0 Å². The van der Waals surface area contributed by atoms with E-state index < -0.39 is 0 Å². The molecule has 1 atom stereocenters. The Morgan fingerprint density at radius 1 is 0.677 bits per heavy atom. The third kappa shape index (κ3) is 8.89. The number of aryl methyl sites for hydroxylation is 1. The van der Waals surface area contributed by atoms with E-state index in [1.54, 1.807) is 16.7 Å².